The van der Waals surface area contributed by atoms with Crippen molar-refractivity contribution in [2.24, 2.45) is 0 Å². The first-order valence-corrected chi connectivity index (χ1v) is 9.30. The fourth-order valence-electron chi connectivity index (χ4n) is 3.01. The predicted molar refractivity (Wildman–Crippen MR) is 110 cm³/mol. The molecule has 2 N–H and O–H groups in total. The molecule has 1 fully saturated rings. The van der Waals surface area contributed by atoms with Crippen molar-refractivity contribution in [2.75, 3.05) is 12.1 Å². The van der Waals surface area contributed by atoms with Crippen LogP contribution in [0.25, 0.3) is 6.08 Å². The number of amides is 1. The number of anilines is 1. The molecule has 7 nitrogen and oxygen atoms in total. The van der Waals surface area contributed by atoms with Crippen LogP contribution in [0.4, 0.5) is 5.69 Å². The first-order valence-electron chi connectivity index (χ1n) is 9.30. The zero-order chi connectivity index (χ0) is 21.1. The Labute approximate surface area is 169 Å². The molecule has 3 rings (SSSR count). The molecule has 2 aromatic carbocycles. The largest absolute Gasteiger partial charge is 0.504 e. The Morgan fingerprint density at radius 2 is 1.90 bits per heavy atom. The van der Waals surface area contributed by atoms with Gasteiger partial charge in [-0.2, -0.15) is 0 Å². The van der Waals surface area contributed by atoms with Crippen LogP contribution < -0.4 is 15.2 Å². The van der Waals surface area contributed by atoms with Gasteiger partial charge in [0.15, 0.2) is 11.5 Å². The van der Waals surface area contributed by atoms with Crippen LogP contribution in [-0.4, -0.2) is 36.2 Å². The molecule has 1 heterocycles. The number of methoxy groups -OCH3 is 1. The molecule has 0 saturated carbocycles. The minimum Gasteiger partial charge on any atom is -0.504 e. The highest BCUT2D eigenvalue weighted by Crippen LogP contribution is 2.29. The van der Waals surface area contributed by atoms with E-state index in [2.05, 4.69) is 5.43 Å². The first-order chi connectivity index (χ1) is 13.8. The zero-order valence-electron chi connectivity index (χ0n) is 16.8. The molecule has 2 aromatic rings. The van der Waals surface area contributed by atoms with Crippen molar-refractivity contribution >= 4 is 23.6 Å². The summed E-state index contributed by atoms with van der Waals surface area (Å²) in [5.74, 6) is -0.216. The number of nitrogens with one attached hydrogen (secondary N) is 1. The van der Waals surface area contributed by atoms with Gasteiger partial charge in [-0.15, -0.1) is 0 Å². The number of benzene rings is 2. The van der Waals surface area contributed by atoms with Gasteiger partial charge < -0.3 is 14.6 Å². The van der Waals surface area contributed by atoms with E-state index in [1.165, 1.54) is 18.2 Å². The van der Waals surface area contributed by atoms with Gasteiger partial charge in [0.25, 0.3) is 5.91 Å². The standard InChI is InChI=1S/C22H24N2O5/c1-13(2)29-22(27)16-6-8-17(9-7-16)24-21(26)18(14(3)23-24)11-15-5-10-19(25)20(12-15)28-4/h5-14,23,25H,1-4H3/b18-11-. The Hall–Kier alpha value is -3.32. The molecular formula is C22H24N2O5. The molecule has 0 aliphatic carbocycles. The number of nitrogens with zero attached hydrogens (tertiary/aromatic N) is 1. The summed E-state index contributed by atoms with van der Waals surface area (Å²) >= 11 is 0. The minimum atomic E-state index is -0.400. The SMILES string of the molecule is COc1cc(/C=C2\C(=O)N(c3ccc(C(=O)OC(C)C)cc3)NC2C)ccc1O. The molecule has 1 atom stereocenters. The highest BCUT2D eigenvalue weighted by atomic mass is 16.5. The Bertz CT molecular complexity index is 950. The van der Waals surface area contributed by atoms with E-state index >= 15 is 0 Å². The Kier molecular flexibility index (Phi) is 5.89. The number of carbonyl (C=O) groups excluding carboxylic acids is 2. The van der Waals surface area contributed by atoms with E-state index in [0.29, 0.717) is 22.6 Å². The monoisotopic (exact) mass is 396 g/mol. The molecule has 1 unspecified atom stereocenters. The topological polar surface area (TPSA) is 88.1 Å². The van der Waals surface area contributed by atoms with Gasteiger partial charge >= 0.3 is 5.97 Å². The van der Waals surface area contributed by atoms with Crippen LogP contribution in [0.5, 0.6) is 11.5 Å². The number of hydrazine groups is 1. The lowest BCUT2D eigenvalue weighted by Crippen LogP contribution is -2.36. The van der Waals surface area contributed by atoms with Gasteiger partial charge in [0.1, 0.15) is 0 Å². The molecule has 29 heavy (non-hydrogen) atoms. The number of ether oxygens (including phenoxy) is 2. The summed E-state index contributed by atoms with van der Waals surface area (Å²) in [7, 11) is 1.47. The molecule has 0 bridgehead atoms. The summed E-state index contributed by atoms with van der Waals surface area (Å²) < 4.78 is 10.3. The molecular weight excluding hydrogens is 372 g/mol. The summed E-state index contributed by atoms with van der Waals surface area (Å²) in [4.78, 5) is 24.9. The van der Waals surface area contributed by atoms with Crippen molar-refractivity contribution in [1.82, 2.24) is 5.43 Å². The van der Waals surface area contributed by atoms with Crippen LogP contribution in [0.3, 0.4) is 0 Å². The highest BCUT2D eigenvalue weighted by Gasteiger charge is 2.33. The lowest BCUT2D eigenvalue weighted by atomic mass is 10.1. The number of hydrogen-bond acceptors (Lipinski definition) is 6. The lowest BCUT2D eigenvalue weighted by molar-refractivity contribution is -0.114. The second-order valence-corrected chi connectivity index (χ2v) is 7.02. The molecule has 7 heteroatoms. The second-order valence-electron chi connectivity index (χ2n) is 7.02. The summed E-state index contributed by atoms with van der Waals surface area (Å²) in [5.41, 5.74) is 5.49. The second kappa shape index (κ2) is 8.36. The van der Waals surface area contributed by atoms with Gasteiger partial charge in [0.05, 0.1) is 30.5 Å². The van der Waals surface area contributed by atoms with Crippen molar-refractivity contribution in [3.8, 4) is 11.5 Å². The lowest BCUT2D eigenvalue weighted by Gasteiger charge is -2.16. The maximum atomic E-state index is 12.9. The number of esters is 1. The van der Waals surface area contributed by atoms with E-state index in [0.717, 1.165) is 5.56 Å². The Balaban J connectivity index is 1.81. The quantitative estimate of drug-likeness (QED) is 0.596. The molecule has 1 aliphatic rings. The Morgan fingerprint density at radius 1 is 1.21 bits per heavy atom. The van der Waals surface area contributed by atoms with E-state index in [9.17, 15) is 14.7 Å². The fourth-order valence-corrected chi connectivity index (χ4v) is 3.01. The summed E-state index contributed by atoms with van der Waals surface area (Å²) in [6, 6.07) is 11.3. The maximum Gasteiger partial charge on any atom is 0.338 e. The van der Waals surface area contributed by atoms with Gasteiger partial charge in [-0.25, -0.2) is 15.2 Å². The average Bonchev–Trinajstić information content (AvgIpc) is 2.97. The van der Waals surface area contributed by atoms with Gasteiger partial charge in [0.2, 0.25) is 0 Å². The van der Waals surface area contributed by atoms with Crippen LogP contribution in [0.1, 0.15) is 36.7 Å². The van der Waals surface area contributed by atoms with Crippen LogP contribution >= 0.6 is 0 Å². The third kappa shape index (κ3) is 4.41. The summed E-state index contributed by atoms with van der Waals surface area (Å²) in [6.45, 7) is 5.46. The van der Waals surface area contributed by atoms with Gasteiger partial charge in [-0.1, -0.05) is 6.07 Å². The van der Waals surface area contributed by atoms with Crippen molar-refractivity contribution in [1.29, 1.82) is 0 Å². The normalized spacial score (nSPS) is 17.8. The molecule has 0 radical (unpaired) electrons. The van der Waals surface area contributed by atoms with E-state index in [-0.39, 0.29) is 23.8 Å². The number of phenols is 1. The molecule has 0 spiro atoms. The van der Waals surface area contributed by atoms with E-state index in [1.54, 1.807) is 56.3 Å². The predicted octanol–water partition coefficient (Wildman–Crippen LogP) is 3.29. The van der Waals surface area contributed by atoms with Crippen molar-refractivity contribution in [2.45, 2.75) is 32.9 Å². The average molecular weight is 396 g/mol. The number of rotatable bonds is 5. The Morgan fingerprint density at radius 3 is 2.52 bits per heavy atom. The van der Waals surface area contributed by atoms with E-state index in [1.807, 2.05) is 6.92 Å². The molecule has 0 aromatic heterocycles. The zero-order valence-corrected chi connectivity index (χ0v) is 16.8. The van der Waals surface area contributed by atoms with Crippen LogP contribution in [0.15, 0.2) is 48.0 Å². The number of carbonyl (C=O) groups is 2. The molecule has 1 aliphatic heterocycles. The van der Waals surface area contributed by atoms with E-state index < -0.39 is 5.97 Å². The van der Waals surface area contributed by atoms with Gasteiger partial charge in [-0.05, 0) is 68.8 Å². The highest BCUT2D eigenvalue weighted by molar-refractivity contribution is 6.11. The molecule has 152 valence electrons. The third-order valence-corrected chi connectivity index (χ3v) is 4.47. The van der Waals surface area contributed by atoms with Gasteiger partial charge in [-0.3, -0.25) is 4.79 Å². The third-order valence-electron chi connectivity index (χ3n) is 4.47. The maximum absolute atomic E-state index is 12.9. The first kappa shape index (κ1) is 20.4. The van der Waals surface area contributed by atoms with Crippen LogP contribution in [0, 0.1) is 0 Å². The van der Waals surface area contributed by atoms with Crippen LogP contribution in [-0.2, 0) is 9.53 Å². The van der Waals surface area contributed by atoms with Crippen LogP contribution in [0.2, 0.25) is 0 Å². The number of phenolic OH excluding ortho intramolecular Hbond substituents is 1. The fraction of sp³-hybridized carbons (Fsp3) is 0.273. The molecule has 1 amide bonds. The number of aromatic hydroxyl groups is 1. The van der Waals surface area contributed by atoms with E-state index in [4.69, 9.17) is 9.47 Å². The number of hydrogen-bond donors (Lipinski definition) is 2. The van der Waals surface area contributed by atoms with Crippen molar-refractivity contribution in [3.05, 3.63) is 59.2 Å². The molecule has 1 saturated heterocycles. The summed E-state index contributed by atoms with van der Waals surface area (Å²) in [6.07, 6.45) is 1.56. The summed E-state index contributed by atoms with van der Waals surface area (Å²) in [5, 5.41) is 11.2. The minimum absolute atomic E-state index is 0.0382. The van der Waals surface area contributed by atoms with Gasteiger partial charge in [0, 0.05) is 5.57 Å². The van der Waals surface area contributed by atoms with Crippen molar-refractivity contribution < 1.29 is 24.2 Å². The smallest absolute Gasteiger partial charge is 0.338 e. The van der Waals surface area contributed by atoms with Crippen molar-refractivity contribution in [3.63, 3.8) is 0 Å².